The summed E-state index contributed by atoms with van der Waals surface area (Å²) in [6.45, 7) is 1.91. The smallest absolute Gasteiger partial charge is 0.270 e. The molecule has 0 aromatic carbocycles. The van der Waals surface area contributed by atoms with Crippen molar-refractivity contribution < 1.29 is 4.79 Å². The van der Waals surface area contributed by atoms with Crippen LogP contribution in [0.4, 0.5) is 0 Å². The van der Waals surface area contributed by atoms with Crippen LogP contribution in [-0.2, 0) is 0 Å². The molecule has 0 fully saturated rings. The number of pyridine rings is 1. The van der Waals surface area contributed by atoms with E-state index in [9.17, 15) is 4.79 Å². The van der Waals surface area contributed by atoms with Gasteiger partial charge in [-0.25, -0.2) is 4.52 Å². The molecule has 1 amide bonds. The van der Waals surface area contributed by atoms with Gasteiger partial charge < -0.3 is 5.32 Å². The maximum atomic E-state index is 11.7. The molecule has 0 saturated carbocycles. The van der Waals surface area contributed by atoms with Crippen LogP contribution >= 0.6 is 0 Å². The third kappa shape index (κ3) is 1.73. The van der Waals surface area contributed by atoms with Gasteiger partial charge in [0, 0.05) is 0 Å². The highest BCUT2D eigenvalue weighted by Crippen LogP contribution is 2.10. The van der Waals surface area contributed by atoms with Crippen LogP contribution in [-0.4, -0.2) is 22.1 Å². The van der Waals surface area contributed by atoms with Gasteiger partial charge in [-0.3, -0.25) is 4.79 Å². The zero-order chi connectivity index (χ0) is 11.5. The summed E-state index contributed by atoms with van der Waals surface area (Å²) in [6, 6.07) is 7.37. The topological polar surface area (TPSA) is 70.2 Å². The van der Waals surface area contributed by atoms with Gasteiger partial charge in [0.25, 0.3) is 5.91 Å². The van der Waals surface area contributed by atoms with Crippen LogP contribution in [0.3, 0.4) is 0 Å². The second-order valence-electron chi connectivity index (χ2n) is 3.43. The molecule has 0 aliphatic rings. The van der Waals surface area contributed by atoms with Gasteiger partial charge in [0.2, 0.25) is 0 Å². The molecule has 0 saturated heterocycles. The monoisotopic (exact) mass is 214 g/mol. The molecule has 0 radical (unpaired) electrons. The highest BCUT2D eigenvalue weighted by molar-refractivity contribution is 5.93. The van der Waals surface area contributed by atoms with Crippen LogP contribution in [0, 0.1) is 18.3 Å². The molecule has 2 aromatic rings. The second kappa shape index (κ2) is 4.03. The molecule has 5 nitrogen and oxygen atoms in total. The molecule has 2 heterocycles. The fraction of sp³-hybridized carbons (Fsp3) is 0.182. The van der Waals surface area contributed by atoms with Crippen molar-refractivity contribution in [2.45, 2.75) is 6.92 Å². The maximum absolute atomic E-state index is 11.7. The molecule has 0 aliphatic heterocycles. The number of nitriles is 1. The molecule has 0 spiro atoms. The van der Waals surface area contributed by atoms with Crippen LogP contribution in [0.15, 0.2) is 24.4 Å². The van der Waals surface area contributed by atoms with Gasteiger partial charge in [0.05, 0.1) is 17.8 Å². The Hall–Kier alpha value is -2.35. The number of hydrogen-bond acceptors (Lipinski definition) is 3. The van der Waals surface area contributed by atoms with Crippen LogP contribution < -0.4 is 5.32 Å². The molecule has 0 bridgehead atoms. The summed E-state index contributed by atoms with van der Waals surface area (Å²) < 4.78 is 1.56. The van der Waals surface area contributed by atoms with Crippen LogP contribution in [0.2, 0.25) is 0 Å². The van der Waals surface area contributed by atoms with Crippen molar-refractivity contribution in [1.29, 1.82) is 5.26 Å². The largest absolute Gasteiger partial charge is 0.338 e. The first kappa shape index (κ1) is 10.2. The zero-order valence-electron chi connectivity index (χ0n) is 8.77. The lowest BCUT2D eigenvalue weighted by molar-refractivity contribution is 0.0951. The molecule has 0 atom stereocenters. The van der Waals surface area contributed by atoms with E-state index in [0.29, 0.717) is 5.69 Å². The quantitative estimate of drug-likeness (QED) is 0.755. The number of rotatable bonds is 2. The number of aryl methyl sites for hydroxylation is 1. The molecule has 80 valence electrons. The van der Waals surface area contributed by atoms with Crippen LogP contribution in [0.1, 0.15) is 16.1 Å². The molecular formula is C11H10N4O. The fourth-order valence-electron chi connectivity index (χ4n) is 1.55. The van der Waals surface area contributed by atoms with Gasteiger partial charge in [-0.05, 0) is 30.7 Å². The third-order valence-corrected chi connectivity index (χ3v) is 2.20. The Morgan fingerprint density at radius 3 is 3.19 bits per heavy atom. The summed E-state index contributed by atoms with van der Waals surface area (Å²) in [7, 11) is 0. The molecule has 1 N–H and O–H groups in total. The minimum atomic E-state index is -0.293. The average molecular weight is 214 g/mol. The van der Waals surface area contributed by atoms with Crippen molar-refractivity contribution in [3.8, 4) is 6.07 Å². The Balaban J connectivity index is 2.47. The van der Waals surface area contributed by atoms with Crippen molar-refractivity contribution >= 4 is 11.4 Å². The molecule has 16 heavy (non-hydrogen) atoms. The fourth-order valence-corrected chi connectivity index (χ4v) is 1.55. The Kier molecular flexibility index (Phi) is 2.56. The van der Waals surface area contributed by atoms with E-state index >= 15 is 0 Å². The van der Waals surface area contributed by atoms with Crippen molar-refractivity contribution in [2.75, 3.05) is 6.54 Å². The molecule has 2 rings (SSSR count). The predicted octanol–water partition coefficient (Wildman–Crippen LogP) is 0.896. The van der Waals surface area contributed by atoms with Gasteiger partial charge in [0.1, 0.15) is 12.2 Å². The molecular weight excluding hydrogens is 204 g/mol. The Morgan fingerprint density at radius 2 is 2.44 bits per heavy atom. The summed E-state index contributed by atoms with van der Waals surface area (Å²) in [5.41, 5.74) is 2.28. The van der Waals surface area contributed by atoms with E-state index in [-0.39, 0.29) is 12.5 Å². The number of hydrogen-bond donors (Lipinski definition) is 1. The normalized spacial score (nSPS) is 10.0. The number of fused-ring (bicyclic) bond motifs is 1. The number of nitrogens with zero attached hydrogens (tertiary/aromatic N) is 3. The van der Waals surface area contributed by atoms with Gasteiger partial charge >= 0.3 is 0 Å². The Morgan fingerprint density at radius 1 is 1.62 bits per heavy atom. The molecule has 0 aliphatic carbocycles. The summed E-state index contributed by atoms with van der Waals surface area (Å²) in [4.78, 5) is 11.7. The average Bonchev–Trinajstić information content (AvgIpc) is 2.72. The van der Waals surface area contributed by atoms with E-state index in [1.54, 1.807) is 16.8 Å². The lowest BCUT2D eigenvalue weighted by Crippen LogP contribution is -2.26. The van der Waals surface area contributed by atoms with Crippen molar-refractivity contribution in [3.63, 3.8) is 0 Å². The molecule has 0 unspecified atom stereocenters. The first-order chi connectivity index (χ1) is 7.72. The first-order valence-corrected chi connectivity index (χ1v) is 4.82. The Labute approximate surface area is 92.3 Å². The van der Waals surface area contributed by atoms with Gasteiger partial charge in [-0.1, -0.05) is 0 Å². The van der Waals surface area contributed by atoms with Crippen LogP contribution in [0.5, 0.6) is 0 Å². The van der Waals surface area contributed by atoms with Crippen molar-refractivity contribution in [1.82, 2.24) is 14.9 Å². The summed E-state index contributed by atoms with van der Waals surface area (Å²) in [5, 5.41) is 15.0. The highest BCUT2D eigenvalue weighted by Gasteiger charge is 2.10. The number of carbonyl (C=O) groups is 1. The Bertz CT molecular complexity index is 579. The van der Waals surface area contributed by atoms with E-state index < -0.39 is 0 Å². The van der Waals surface area contributed by atoms with E-state index in [4.69, 9.17) is 5.26 Å². The van der Waals surface area contributed by atoms with Gasteiger partial charge in [0.15, 0.2) is 0 Å². The molecule has 5 heteroatoms. The van der Waals surface area contributed by atoms with E-state index in [1.165, 1.54) is 0 Å². The lowest BCUT2D eigenvalue weighted by atomic mass is 10.2. The highest BCUT2D eigenvalue weighted by atomic mass is 16.1. The van der Waals surface area contributed by atoms with Gasteiger partial charge in [-0.2, -0.15) is 10.4 Å². The van der Waals surface area contributed by atoms with E-state index in [2.05, 4.69) is 10.4 Å². The first-order valence-electron chi connectivity index (χ1n) is 4.82. The summed E-state index contributed by atoms with van der Waals surface area (Å²) in [5.74, 6) is -0.293. The predicted molar refractivity (Wildman–Crippen MR) is 57.9 cm³/mol. The standard InChI is InChI=1S/C11H10N4O/c1-8-6-9-2-4-14-15(9)10(7-8)11(16)13-5-3-12/h2,4,6-7H,5H2,1H3,(H,13,16). The number of carbonyl (C=O) groups excluding carboxylic acids is 1. The SMILES string of the molecule is Cc1cc(C(=O)NCC#N)n2nccc2c1. The zero-order valence-corrected chi connectivity index (χ0v) is 8.77. The number of aromatic nitrogens is 2. The number of amides is 1. The second-order valence-corrected chi connectivity index (χ2v) is 3.43. The van der Waals surface area contributed by atoms with E-state index in [0.717, 1.165) is 11.1 Å². The van der Waals surface area contributed by atoms with Gasteiger partial charge in [-0.15, -0.1) is 0 Å². The van der Waals surface area contributed by atoms with E-state index in [1.807, 2.05) is 25.1 Å². The van der Waals surface area contributed by atoms with Crippen molar-refractivity contribution in [3.05, 3.63) is 35.7 Å². The minimum Gasteiger partial charge on any atom is -0.338 e. The van der Waals surface area contributed by atoms with Crippen molar-refractivity contribution in [2.24, 2.45) is 0 Å². The maximum Gasteiger partial charge on any atom is 0.270 e. The summed E-state index contributed by atoms with van der Waals surface area (Å²) >= 11 is 0. The third-order valence-electron chi connectivity index (χ3n) is 2.20. The summed E-state index contributed by atoms with van der Waals surface area (Å²) in [6.07, 6.45) is 1.63. The lowest BCUT2D eigenvalue weighted by Gasteiger charge is -2.05. The van der Waals surface area contributed by atoms with Crippen LogP contribution in [0.25, 0.3) is 5.52 Å². The minimum absolute atomic E-state index is 0.00443. The number of nitrogens with one attached hydrogen (secondary N) is 1. The molecule has 2 aromatic heterocycles.